The van der Waals surface area contributed by atoms with Crippen molar-refractivity contribution in [3.8, 4) is 0 Å². The highest BCUT2D eigenvalue weighted by atomic mass is 35.5. The summed E-state index contributed by atoms with van der Waals surface area (Å²) in [5.74, 6) is 0.938. The Morgan fingerprint density at radius 1 is 1.12 bits per heavy atom. The molecule has 1 aliphatic rings. The van der Waals surface area contributed by atoms with Crippen LogP contribution in [0.15, 0.2) is 76.5 Å². The van der Waals surface area contributed by atoms with Gasteiger partial charge in [-0.25, -0.2) is 0 Å². The van der Waals surface area contributed by atoms with E-state index in [1.807, 2.05) is 31.2 Å². The molecule has 32 heavy (non-hydrogen) atoms. The second kappa shape index (κ2) is 9.72. The van der Waals surface area contributed by atoms with Gasteiger partial charge in [0.15, 0.2) is 5.78 Å². The van der Waals surface area contributed by atoms with E-state index in [1.54, 1.807) is 12.3 Å². The first-order valence-electron chi connectivity index (χ1n) is 10.6. The number of aryl methyl sites for hydroxylation is 2. The van der Waals surface area contributed by atoms with Crippen LogP contribution < -0.4 is 10.6 Å². The van der Waals surface area contributed by atoms with Crippen molar-refractivity contribution in [1.82, 2.24) is 5.32 Å². The number of halogens is 1. The fourth-order valence-electron chi connectivity index (χ4n) is 3.97. The predicted molar refractivity (Wildman–Crippen MR) is 133 cm³/mol. The molecule has 4 rings (SSSR count). The molecule has 0 saturated carbocycles. The lowest BCUT2D eigenvalue weighted by molar-refractivity contribution is -0.115. The summed E-state index contributed by atoms with van der Waals surface area (Å²) in [5.41, 5.74) is 5.55. The van der Waals surface area contributed by atoms with Crippen LogP contribution in [0.25, 0.3) is 0 Å². The molecule has 2 aromatic carbocycles. The van der Waals surface area contributed by atoms with Gasteiger partial charge in [-0.15, -0.1) is 0 Å². The summed E-state index contributed by atoms with van der Waals surface area (Å²) in [6.07, 6.45) is 2.76. The molecule has 0 aliphatic heterocycles. The minimum absolute atomic E-state index is 0.0351. The summed E-state index contributed by atoms with van der Waals surface area (Å²) in [5, 5.41) is 7.34. The van der Waals surface area contributed by atoms with Crippen LogP contribution in [-0.4, -0.2) is 10.8 Å². The fourth-order valence-corrected chi connectivity index (χ4v) is 4.55. The average molecular weight is 465 g/mol. The molecule has 2 N–H and O–H groups in total. The van der Waals surface area contributed by atoms with E-state index in [-0.39, 0.29) is 11.7 Å². The number of hydrogen-bond acceptors (Lipinski definition) is 4. The standard InChI is InChI=1S/C26H25ClN2O2S/c1-16-5-7-18(8-6-16)19-13-23(28-15-21-4-3-11-31-21)25(24(30)14-19)26(32)29-22-10-9-20(27)12-17(22)2/h3-12,19,28H,13-15H2,1-2H3,(H,29,32)/t19-/m1/s1. The Labute approximate surface area is 198 Å². The SMILES string of the molecule is Cc1ccc([C@H]2CC(=O)C(C(=S)Nc3ccc(Cl)cc3C)=C(NCc3ccco3)C2)cc1. The van der Waals surface area contributed by atoms with Crippen molar-refractivity contribution >= 4 is 40.3 Å². The van der Waals surface area contributed by atoms with Gasteiger partial charge in [0, 0.05) is 22.8 Å². The zero-order valence-electron chi connectivity index (χ0n) is 18.1. The van der Waals surface area contributed by atoms with Crippen molar-refractivity contribution < 1.29 is 9.21 Å². The zero-order valence-corrected chi connectivity index (χ0v) is 19.6. The number of hydrogen-bond donors (Lipinski definition) is 2. The Hall–Kier alpha value is -2.89. The molecule has 0 fully saturated rings. The Kier molecular flexibility index (Phi) is 6.77. The van der Waals surface area contributed by atoms with Gasteiger partial charge >= 0.3 is 0 Å². The normalized spacial score (nSPS) is 16.2. The highest BCUT2D eigenvalue weighted by Gasteiger charge is 2.31. The van der Waals surface area contributed by atoms with Crippen molar-refractivity contribution in [3.63, 3.8) is 0 Å². The summed E-state index contributed by atoms with van der Waals surface area (Å²) < 4.78 is 5.46. The highest BCUT2D eigenvalue weighted by Crippen LogP contribution is 2.35. The first-order chi connectivity index (χ1) is 15.4. The predicted octanol–water partition coefficient (Wildman–Crippen LogP) is 6.48. The first kappa shape index (κ1) is 22.3. The fraction of sp³-hybridized carbons (Fsp3) is 0.231. The number of carbonyl (C=O) groups excluding carboxylic acids is 1. The summed E-state index contributed by atoms with van der Waals surface area (Å²) in [7, 11) is 0. The molecule has 1 heterocycles. The van der Waals surface area contributed by atoms with E-state index >= 15 is 0 Å². The number of ketones is 1. The maximum Gasteiger partial charge on any atom is 0.168 e. The van der Waals surface area contributed by atoms with Gasteiger partial charge < -0.3 is 15.1 Å². The Morgan fingerprint density at radius 3 is 2.59 bits per heavy atom. The van der Waals surface area contributed by atoms with Crippen LogP contribution in [-0.2, 0) is 11.3 Å². The summed E-state index contributed by atoms with van der Waals surface area (Å²) in [4.78, 5) is 13.7. The van der Waals surface area contributed by atoms with Crippen LogP contribution in [0.3, 0.4) is 0 Å². The molecule has 1 atom stereocenters. The second-order valence-electron chi connectivity index (χ2n) is 8.14. The summed E-state index contributed by atoms with van der Waals surface area (Å²) in [6, 6.07) is 17.7. The second-order valence-corrected chi connectivity index (χ2v) is 8.98. The lowest BCUT2D eigenvalue weighted by Crippen LogP contribution is -2.31. The summed E-state index contributed by atoms with van der Waals surface area (Å²) >= 11 is 11.8. The lowest BCUT2D eigenvalue weighted by Gasteiger charge is -2.28. The van der Waals surface area contributed by atoms with E-state index in [0.717, 1.165) is 28.3 Å². The number of allylic oxidation sites excluding steroid dienone is 1. The molecular formula is C26H25ClN2O2S. The van der Waals surface area contributed by atoms with Crippen LogP contribution in [0.1, 0.15) is 41.2 Å². The Morgan fingerprint density at radius 2 is 1.91 bits per heavy atom. The highest BCUT2D eigenvalue weighted by molar-refractivity contribution is 7.81. The molecule has 0 amide bonds. The quantitative estimate of drug-likeness (QED) is 0.409. The van der Waals surface area contributed by atoms with Crippen LogP contribution >= 0.6 is 23.8 Å². The van der Waals surface area contributed by atoms with E-state index in [1.165, 1.54) is 5.56 Å². The minimum atomic E-state index is 0.0351. The third kappa shape index (κ3) is 5.12. The molecule has 0 saturated heterocycles. The monoisotopic (exact) mass is 464 g/mol. The third-order valence-corrected chi connectivity index (χ3v) is 6.27. The van der Waals surface area contributed by atoms with Gasteiger partial charge in [-0.05, 0) is 67.6 Å². The van der Waals surface area contributed by atoms with Crippen LogP contribution in [0.4, 0.5) is 5.69 Å². The molecule has 0 bridgehead atoms. The molecular weight excluding hydrogens is 440 g/mol. The van der Waals surface area contributed by atoms with Crippen molar-refractivity contribution in [2.75, 3.05) is 5.32 Å². The number of thiocarbonyl (C=S) groups is 1. The van der Waals surface area contributed by atoms with Crippen molar-refractivity contribution in [3.05, 3.63) is 99.6 Å². The minimum Gasteiger partial charge on any atom is -0.467 e. The van der Waals surface area contributed by atoms with E-state index in [4.69, 9.17) is 28.2 Å². The average Bonchev–Trinajstić information content (AvgIpc) is 3.28. The molecule has 0 unspecified atom stereocenters. The largest absolute Gasteiger partial charge is 0.467 e. The van der Waals surface area contributed by atoms with Crippen LogP contribution in [0, 0.1) is 13.8 Å². The molecule has 1 aliphatic carbocycles. The topological polar surface area (TPSA) is 54.3 Å². The molecule has 164 valence electrons. The molecule has 3 aromatic rings. The number of nitrogens with one attached hydrogen (secondary N) is 2. The van der Waals surface area contributed by atoms with Crippen LogP contribution in [0.5, 0.6) is 0 Å². The maximum atomic E-state index is 13.3. The van der Waals surface area contributed by atoms with Crippen molar-refractivity contribution in [1.29, 1.82) is 0 Å². The van der Waals surface area contributed by atoms with Gasteiger partial charge in [-0.2, -0.15) is 0 Å². The smallest absolute Gasteiger partial charge is 0.168 e. The number of furan rings is 1. The maximum absolute atomic E-state index is 13.3. The zero-order chi connectivity index (χ0) is 22.7. The number of rotatable bonds is 6. The van der Waals surface area contributed by atoms with Gasteiger partial charge in [0.05, 0.1) is 18.4 Å². The summed E-state index contributed by atoms with van der Waals surface area (Å²) in [6.45, 7) is 4.51. The molecule has 0 spiro atoms. The van der Waals surface area contributed by atoms with Gasteiger partial charge in [0.1, 0.15) is 10.7 Å². The van der Waals surface area contributed by atoms with Gasteiger partial charge in [0.2, 0.25) is 0 Å². The van der Waals surface area contributed by atoms with Gasteiger partial charge in [-0.1, -0.05) is 53.6 Å². The molecule has 1 aromatic heterocycles. The van der Waals surface area contributed by atoms with E-state index in [9.17, 15) is 4.79 Å². The number of anilines is 1. The molecule has 0 radical (unpaired) electrons. The van der Waals surface area contributed by atoms with Crippen molar-refractivity contribution in [2.45, 2.75) is 39.2 Å². The van der Waals surface area contributed by atoms with Gasteiger partial charge in [0.25, 0.3) is 0 Å². The van der Waals surface area contributed by atoms with E-state index < -0.39 is 0 Å². The van der Waals surface area contributed by atoms with Crippen LogP contribution in [0.2, 0.25) is 5.02 Å². The Balaban J connectivity index is 1.63. The molecule has 4 nitrogen and oxygen atoms in total. The van der Waals surface area contributed by atoms with Crippen molar-refractivity contribution in [2.24, 2.45) is 0 Å². The number of carbonyl (C=O) groups is 1. The molecule has 6 heteroatoms. The first-order valence-corrected chi connectivity index (χ1v) is 11.4. The lowest BCUT2D eigenvalue weighted by atomic mass is 9.81. The third-order valence-electron chi connectivity index (χ3n) is 5.73. The Bertz CT molecular complexity index is 1170. The van der Waals surface area contributed by atoms with E-state index in [0.29, 0.717) is 35.0 Å². The number of benzene rings is 2. The van der Waals surface area contributed by atoms with Gasteiger partial charge in [-0.3, -0.25) is 4.79 Å². The van der Waals surface area contributed by atoms with E-state index in [2.05, 4.69) is 41.8 Å². The number of Topliss-reactive ketones (excluding diaryl/α,β-unsaturated/α-hetero) is 1.